The SMILES string of the molecule is O=C1CC(C(=O)O)(C(=O)O)Cc2ccc(F)cc21. The minimum absolute atomic E-state index is 0.0631. The predicted octanol–water partition coefficient (Wildman–Crippen LogP) is 1.11. The van der Waals surface area contributed by atoms with E-state index in [4.69, 9.17) is 10.2 Å². The first kappa shape index (κ1) is 12.2. The smallest absolute Gasteiger partial charge is 0.321 e. The zero-order valence-corrected chi connectivity index (χ0v) is 9.14. The molecular weight excluding hydrogens is 243 g/mol. The fourth-order valence-corrected chi connectivity index (χ4v) is 2.11. The van der Waals surface area contributed by atoms with Crippen molar-refractivity contribution >= 4 is 17.7 Å². The second-order valence-corrected chi connectivity index (χ2v) is 4.27. The first-order chi connectivity index (χ1) is 8.36. The molecule has 5 nitrogen and oxygen atoms in total. The van der Waals surface area contributed by atoms with E-state index in [2.05, 4.69) is 0 Å². The molecule has 0 heterocycles. The summed E-state index contributed by atoms with van der Waals surface area (Å²) in [5.41, 5.74) is -1.84. The molecule has 1 aliphatic carbocycles. The van der Waals surface area contributed by atoms with E-state index < -0.39 is 35.4 Å². The molecule has 0 saturated carbocycles. The molecule has 2 rings (SSSR count). The summed E-state index contributed by atoms with van der Waals surface area (Å²) in [6, 6.07) is 3.33. The number of ketones is 1. The van der Waals surface area contributed by atoms with Crippen LogP contribution in [0.25, 0.3) is 0 Å². The normalized spacial score (nSPS) is 17.1. The van der Waals surface area contributed by atoms with Crippen molar-refractivity contribution in [3.8, 4) is 0 Å². The molecular formula is C12H9FO5. The number of Topliss-reactive ketones (excluding diaryl/α,β-unsaturated/α-hetero) is 1. The molecule has 0 bridgehead atoms. The Labute approximate surface area is 101 Å². The maximum absolute atomic E-state index is 13.0. The molecule has 18 heavy (non-hydrogen) atoms. The van der Waals surface area contributed by atoms with Crippen LogP contribution in [0.3, 0.4) is 0 Å². The molecule has 0 radical (unpaired) electrons. The molecule has 2 N–H and O–H groups in total. The monoisotopic (exact) mass is 252 g/mol. The Kier molecular flexibility index (Phi) is 2.65. The van der Waals surface area contributed by atoms with Crippen molar-refractivity contribution in [2.24, 2.45) is 5.41 Å². The lowest BCUT2D eigenvalue weighted by Gasteiger charge is -2.29. The highest BCUT2D eigenvalue weighted by Crippen LogP contribution is 2.36. The number of carboxylic acids is 2. The third kappa shape index (κ3) is 1.66. The van der Waals surface area contributed by atoms with Crippen molar-refractivity contribution in [3.05, 3.63) is 35.1 Å². The Balaban J connectivity index is 2.56. The van der Waals surface area contributed by atoms with Gasteiger partial charge in [-0.3, -0.25) is 14.4 Å². The van der Waals surface area contributed by atoms with Crippen molar-refractivity contribution in [2.75, 3.05) is 0 Å². The van der Waals surface area contributed by atoms with Gasteiger partial charge in [-0.2, -0.15) is 0 Å². The Morgan fingerprint density at radius 3 is 2.33 bits per heavy atom. The van der Waals surface area contributed by atoms with Gasteiger partial charge in [0.1, 0.15) is 5.82 Å². The Morgan fingerprint density at radius 1 is 1.17 bits per heavy atom. The molecule has 1 aromatic carbocycles. The maximum Gasteiger partial charge on any atom is 0.321 e. The van der Waals surface area contributed by atoms with Crippen LogP contribution >= 0.6 is 0 Å². The summed E-state index contributed by atoms with van der Waals surface area (Å²) in [5, 5.41) is 18.1. The summed E-state index contributed by atoms with van der Waals surface area (Å²) in [6.07, 6.45) is -0.979. The van der Waals surface area contributed by atoms with Crippen molar-refractivity contribution in [2.45, 2.75) is 12.8 Å². The number of benzene rings is 1. The fraction of sp³-hybridized carbons (Fsp3) is 0.250. The van der Waals surface area contributed by atoms with Gasteiger partial charge in [0.2, 0.25) is 0 Å². The first-order valence-corrected chi connectivity index (χ1v) is 5.15. The number of fused-ring (bicyclic) bond motifs is 1. The van der Waals surface area contributed by atoms with Crippen LogP contribution in [-0.4, -0.2) is 27.9 Å². The molecule has 0 fully saturated rings. The minimum atomic E-state index is -2.15. The summed E-state index contributed by atoms with van der Waals surface area (Å²) < 4.78 is 13.0. The van der Waals surface area contributed by atoms with Crippen LogP contribution < -0.4 is 0 Å². The lowest BCUT2D eigenvalue weighted by Crippen LogP contribution is -2.45. The van der Waals surface area contributed by atoms with E-state index >= 15 is 0 Å². The van der Waals surface area contributed by atoms with Crippen LogP contribution in [0.15, 0.2) is 18.2 Å². The second-order valence-electron chi connectivity index (χ2n) is 4.27. The molecule has 0 amide bonds. The van der Waals surface area contributed by atoms with E-state index in [0.717, 1.165) is 12.1 Å². The quantitative estimate of drug-likeness (QED) is 0.769. The van der Waals surface area contributed by atoms with Gasteiger partial charge >= 0.3 is 11.9 Å². The average Bonchev–Trinajstić information content (AvgIpc) is 2.29. The number of carboxylic acid groups (broad SMARTS) is 2. The third-order valence-corrected chi connectivity index (χ3v) is 3.15. The Morgan fingerprint density at radius 2 is 1.78 bits per heavy atom. The standard InChI is InChI=1S/C12H9FO5/c13-7-2-1-6-4-12(10(15)16,11(17)18)5-9(14)8(6)3-7/h1-3H,4-5H2,(H,15,16)(H,17,18). The van der Waals surface area contributed by atoms with Gasteiger partial charge in [0.05, 0.1) is 0 Å². The van der Waals surface area contributed by atoms with Crippen molar-refractivity contribution in [3.63, 3.8) is 0 Å². The van der Waals surface area contributed by atoms with Gasteiger partial charge in [0, 0.05) is 18.4 Å². The van der Waals surface area contributed by atoms with Gasteiger partial charge in [-0.25, -0.2) is 4.39 Å². The van der Waals surface area contributed by atoms with Gasteiger partial charge in [0.25, 0.3) is 0 Å². The molecule has 0 aromatic heterocycles. The summed E-state index contributed by atoms with van der Waals surface area (Å²) in [6.45, 7) is 0. The van der Waals surface area contributed by atoms with Gasteiger partial charge in [-0.15, -0.1) is 0 Å². The molecule has 1 aliphatic rings. The Bertz CT molecular complexity index is 550. The number of aliphatic carboxylic acids is 2. The largest absolute Gasteiger partial charge is 0.480 e. The van der Waals surface area contributed by atoms with E-state index in [-0.39, 0.29) is 17.5 Å². The van der Waals surface area contributed by atoms with Crippen LogP contribution in [0.5, 0.6) is 0 Å². The number of hydrogen-bond donors (Lipinski definition) is 2. The van der Waals surface area contributed by atoms with Gasteiger partial charge in [-0.1, -0.05) is 6.07 Å². The molecule has 0 spiro atoms. The maximum atomic E-state index is 13.0. The predicted molar refractivity (Wildman–Crippen MR) is 56.8 cm³/mol. The van der Waals surface area contributed by atoms with E-state index in [9.17, 15) is 18.8 Å². The molecule has 0 unspecified atom stereocenters. The molecule has 0 aliphatic heterocycles. The number of carbonyl (C=O) groups is 3. The van der Waals surface area contributed by atoms with E-state index in [1.54, 1.807) is 0 Å². The van der Waals surface area contributed by atoms with E-state index in [0.29, 0.717) is 0 Å². The van der Waals surface area contributed by atoms with Crippen LogP contribution in [0.4, 0.5) is 4.39 Å². The molecule has 0 saturated heterocycles. The number of hydrogen-bond acceptors (Lipinski definition) is 3. The zero-order chi connectivity index (χ0) is 13.5. The number of halogens is 1. The minimum Gasteiger partial charge on any atom is -0.480 e. The topological polar surface area (TPSA) is 91.7 Å². The summed E-state index contributed by atoms with van der Waals surface area (Å²) in [7, 11) is 0. The van der Waals surface area contributed by atoms with Crippen molar-refractivity contribution in [1.82, 2.24) is 0 Å². The highest BCUT2D eigenvalue weighted by molar-refractivity contribution is 6.09. The number of rotatable bonds is 2. The van der Waals surface area contributed by atoms with Crippen LogP contribution in [-0.2, 0) is 16.0 Å². The van der Waals surface area contributed by atoms with Gasteiger partial charge in [-0.05, 0) is 17.7 Å². The van der Waals surface area contributed by atoms with E-state index in [1.165, 1.54) is 6.07 Å². The van der Waals surface area contributed by atoms with Crippen LogP contribution in [0, 0.1) is 11.2 Å². The third-order valence-electron chi connectivity index (χ3n) is 3.15. The van der Waals surface area contributed by atoms with Gasteiger partial charge < -0.3 is 10.2 Å². The molecule has 94 valence electrons. The highest BCUT2D eigenvalue weighted by Gasteiger charge is 2.51. The van der Waals surface area contributed by atoms with Crippen molar-refractivity contribution in [1.29, 1.82) is 0 Å². The van der Waals surface area contributed by atoms with Crippen LogP contribution in [0.1, 0.15) is 22.3 Å². The number of carbonyl (C=O) groups excluding carboxylic acids is 1. The fourth-order valence-electron chi connectivity index (χ4n) is 2.11. The lowest BCUT2D eigenvalue weighted by atomic mass is 9.71. The van der Waals surface area contributed by atoms with Crippen molar-refractivity contribution < 1.29 is 29.0 Å². The average molecular weight is 252 g/mol. The van der Waals surface area contributed by atoms with Crippen LogP contribution in [0.2, 0.25) is 0 Å². The van der Waals surface area contributed by atoms with Gasteiger partial charge in [0.15, 0.2) is 11.2 Å². The zero-order valence-electron chi connectivity index (χ0n) is 9.14. The second kappa shape index (κ2) is 3.90. The summed E-state index contributed by atoms with van der Waals surface area (Å²) in [5.74, 6) is -4.39. The molecule has 1 aromatic rings. The summed E-state index contributed by atoms with van der Waals surface area (Å²) >= 11 is 0. The van der Waals surface area contributed by atoms with E-state index in [1.807, 2.05) is 0 Å². The Hall–Kier alpha value is -2.24. The lowest BCUT2D eigenvalue weighted by molar-refractivity contribution is -0.164. The molecule has 0 atom stereocenters. The molecule has 6 heteroatoms. The highest BCUT2D eigenvalue weighted by atomic mass is 19.1. The first-order valence-electron chi connectivity index (χ1n) is 5.15. The summed E-state index contributed by atoms with van der Waals surface area (Å²) in [4.78, 5) is 34.0.